The molecular weight excluding hydrogens is 435 g/mol. The van der Waals surface area contributed by atoms with E-state index in [1.54, 1.807) is 11.3 Å². The second-order valence-electron chi connectivity index (χ2n) is 5.53. The number of rotatable bonds is 7. The molecule has 2 N–H and O–H groups in total. The van der Waals surface area contributed by atoms with Gasteiger partial charge in [-0.2, -0.15) is 0 Å². The van der Waals surface area contributed by atoms with Crippen LogP contribution in [0.2, 0.25) is 0 Å². The zero-order valence-electron chi connectivity index (χ0n) is 14.8. The number of hydrogen-bond donors (Lipinski definition) is 2. The predicted octanol–water partition coefficient (Wildman–Crippen LogP) is 3.15. The van der Waals surface area contributed by atoms with Crippen molar-refractivity contribution in [3.05, 3.63) is 33.5 Å². The van der Waals surface area contributed by atoms with E-state index in [-0.39, 0.29) is 24.0 Å². The molecule has 0 spiro atoms. The molecule has 2 aromatic rings. The van der Waals surface area contributed by atoms with Gasteiger partial charge in [0.15, 0.2) is 11.8 Å². The minimum Gasteiger partial charge on any atom is -0.356 e. The summed E-state index contributed by atoms with van der Waals surface area (Å²) in [5, 5.41) is 15.0. The van der Waals surface area contributed by atoms with E-state index in [0.29, 0.717) is 6.54 Å². The molecule has 134 valence electrons. The molecule has 6 nitrogen and oxygen atoms in total. The molecule has 0 fully saturated rings. The molecule has 0 bridgehead atoms. The molecule has 8 heteroatoms. The van der Waals surface area contributed by atoms with Crippen molar-refractivity contribution in [2.75, 3.05) is 6.54 Å². The molecule has 0 aliphatic heterocycles. The Kier molecular flexibility index (Phi) is 9.27. The molecule has 0 radical (unpaired) electrons. The molecule has 0 aromatic carbocycles. The van der Waals surface area contributed by atoms with E-state index in [2.05, 4.69) is 51.8 Å². The number of nitrogens with zero attached hydrogens (tertiary/aromatic N) is 4. The van der Waals surface area contributed by atoms with Gasteiger partial charge >= 0.3 is 0 Å². The number of nitrogens with one attached hydrogen (secondary N) is 2. The van der Waals surface area contributed by atoms with Crippen LogP contribution in [-0.4, -0.2) is 27.3 Å². The third-order valence-corrected chi connectivity index (χ3v) is 4.61. The average Bonchev–Trinajstić information content (AvgIpc) is 3.09. The Morgan fingerprint density at radius 1 is 1.25 bits per heavy atom. The van der Waals surface area contributed by atoms with Crippen LogP contribution in [0.15, 0.2) is 17.1 Å². The first-order chi connectivity index (χ1) is 11.1. The summed E-state index contributed by atoms with van der Waals surface area (Å²) in [4.78, 5) is 7.27. The highest BCUT2D eigenvalue weighted by Crippen LogP contribution is 2.14. The summed E-state index contributed by atoms with van der Waals surface area (Å²) in [6.07, 6.45) is 2.29. The van der Waals surface area contributed by atoms with Gasteiger partial charge in [0, 0.05) is 23.3 Å². The summed E-state index contributed by atoms with van der Waals surface area (Å²) in [6, 6.07) is 4.30. The second kappa shape index (κ2) is 10.7. The topological polar surface area (TPSA) is 67.1 Å². The number of aromatic nitrogens is 3. The highest BCUT2D eigenvalue weighted by Gasteiger charge is 2.05. The number of halogens is 1. The molecule has 0 aliphatic rings. The molecule has 2 heterocycles. The summed E-state index contributed by atoms with van der Waals surface area (Å²) in [6.45, 7) is 8.47. The number of hydrogen-bond acceptors (Lipinski definition) is 4. The number of aryl methyl sites for hydroxylation is 2. The van der Waals surface area contributed by atoms with Crippen molar-refractivity contribution in [3.63, 3.8) is 0 Å². The fraction of sp³-hybridized carbons (Fsp3) is 0.562. The molecule has 2 aromatic heterocycles. The number of thiophene rings is 1. The summed E-state index contributed by atoms with van der Waals surface area (Å²) in [5.74, 6) is 2.59. The molecule has 24 heavy (non-hydrogen) atoms. The van der Waals surface area contributed by atoms with Crippen molar-refractivity contribution < 1.29 is 0 Å². The van der Waals surface area contributed by atoms with Crippen LogP contribution >= 0.6 is 35.3 Å². The van der Waals surface area contributed by atoms with Gasteiger partial charge in [0.1, 0.15) is 12.4 Å². The van der Waals surface area contributed by atoms with E-state index in [1.165, 1.54) is 9.75 Å². The summed E-state index contributed by atoms with van der Waals surface area (Å²) in [5.41, 5.74) is 0. The third-order valence-electron chi connectivity index (χ3n) is 3.61. The van der Waals surface area contributed by atoms with Gasteiger partial charge in [-0.05, 0) is 32.4 Å². The Labute approximate surface area is 165 Å². The largest absolute Gasteiger partial charge is 0.356 e. The van der Waals surface area contributed by atoms with Crippen LogP contribution in [0, 0.1) is 13.8 Å². The molecular formula is C16H27IN6S. The predicted molar refractivity (Wildman–Crippen MR) is 111 cm³/mol. The van der Waals surface area contributed by atoms with Gasteiger partial charge < -0.3 is 15.2 Å². The van der Waals surface area contributed by atoms with E-state index >= 15 is 0 Å². The number of unbranched alkanes of at least 4 members (excludes halogenated alkanes) is 1. The van der Waals surface area contributed by atoms with E-state index in [4.69, 9.17) is 0 Å². The van der Waals surface area contributed by atoms with Crippen molar-refractivity contribution in [2.24, 2.45) is 12.0 Å². The Morgan fingerprint density at radius 2 is 2.04 bits per heavy atom. The van der Waals surface area contributed by atoms with Crippen molar-refractivity contribution in [2.45, 2.75) is 46.7 Å². The monoisotopic (exact) mass is 462 g/mol. The van der Waals surface area contributed by atoms with Gasteiger partial charge in [0.25, 0.3) is 0 Å². The van der Waals surface area contributed by atoms with Gasteiger partial charge in [-0.25, -0.2) is 4.99 Å². The highest BCUT2D eigenvalue weighted by atomic mass is 127. The lowest BCUT2D eigenvalue weighted by atomic mass is 10.3. The summed E-state index contributed by atoms with van der Waals surface area (Å²) >= 11 is 1.81. The van der Waals surface area contributed by atoms with Crippen LogP contribution in [0.1, 0.15) is 41.2 Å². The van der Waals surface area contributed by atoms with E-state index in [1.807, 2.05) is 18.5 Å². The van der Waals surface area contributed by atoms with Gasteiger partial charge in [0.2, 0.25) is 0 Å². The minimum atomic E-state index is 0. The van der Waals surface area contributed by atoms with Crippen LogP contribution in [-0.2, 0) is 20.1 Å². The quantitative estimate of drug-likeness (QED) is 0.287. The molecule has 0 aliphatic carbocycles. The number of guanidine groups is 1. The highest BCUT2D eigenvalue weighted by molar-refractivity contribution is 14.0. The smallest absolute Gasteiger partial charge is 0.192 e. The maximum absolute atomic E-state index is 4.64. The van der Waals surface area contributed by atoms with Crippen LogP contribution in [0.3, 0.4) is 0 Å². The lowest BCUT2D eigenvalue weighted by molar-refractivity contribution is 0.717. The SMILES string of the molecule is CCCCNC(=NCc1nnc(C)n1C)NCc1ccc(C)s1.I. The van der Waals surface area contributed by atoms with Crippen LogP contribution < -0.4 is 10.6 Å². The van der Waals surface area contributed by atoms with Gasteiger partial charge in [-0.3, -0.25) is 0 Å². The Balaban J connectivity index is 0.00000288. The van der Waals surface area contributed by atoms with Gasteiger partial charge in [0.05, 0.1) is 6.54 Å². The Morgan fingerprint density at radius 3 is 2.62 bits per heavy atom. The number of aliphatic imine (C=N–C) groups is 1. The lowest BCUT2D eigenvalue weighted by Gasteiger charge is -2.11. The standard InChI is InChI=1S/C16H26N6S.HI/c1-5-6-9-17-16(18-10-14-8-7-12(2)23-14)19-11-15-21-20-13(3)22(15)4;/h7-8H,5-6,9-11H2,1-4H3,(H2,17,18,19);1H. The van der Waals surface area contributed by atoms with Crippen LogP contribution in [0.4, 0.5) is 0 Å². The van der Waals surface area contributed by atoms with Crippen molar-refractivity contribution in [3.8, 4) is 0 Å². The minimum absolute atomic E-state index is 0. The van der Waals surface area contributed by atoms with Crippen molar-refractivity contribution >= 4 is 41.3 Å². The van der Waals surface area contributed by atoms with Crippen LogP contribution in [0.25, 0.3) is 0 Å². The maximum atomic E-state index is 4.64. The van der Waals surface area contributed by atoms with E-state index in [0.717, 1.165) is 43.5 Å². The summed E-state index contributed by atoms with van der Waals surface area (Å²) in [7, 11) is 1.96. The zero-order chi connectivity index (χ0) is 16.7. The molecule has 0 amide bonds. The fourth-order valence-electron chi connectivity index (χ4n) is 2.05. The van der Waals surface area contributed by atoms with Crippen molar-refractivity contribution in [1.29, 1.82) is 0 Å². The first kappa shape index (κ1) is 20.9. The first-order valence-electron chi connectivity index (χ1n) is 8.02. The molecule has 0 saturated carbocycles. The molecule has 0 unspecified atom stereocenters. The average molecular weight is 462 g/mol. The first-order valence-corrected chi connectivity index (χ1v) is 8.84. The lowest BCUT2D eigenvalue weighted by Crippen LogP contribution is -2.37. The second-order valence-corrected chi connectivity index (χ2v) is 6.91. The van der Waals surface area contributed by atoms with Crippen molar-refractivity contribution in [1.82, 2.24) is 25.4 Å². The zero-order valence-corrected chi connectivity index (χ0v) is 17.9. The van der Waals surface area contributed by atoms with Gasteiger partial charge in [-0.1, -0.05) is 13.3 Å². The third kappa shape index (κ3) is 6.39. The molecule has 2 rings (SSSR count). The fourth-order valence-corrected chi connectivity index (χ4v) is 2.88. The normalized spacial score (nSPS) is 11.2. The maximum Gasteiger partial charge on any atom is 0.192 e. The van der Waals surface area contributed by atoms with Gasteiger partial charge in [-0.15, -0.1) is 45.5 Å². The van der Waals surface area contributed by atoms with Crippen LogP contribution in [0.5, 0.6) is 0 Å². The van der Waals surface area contributed by atoms with E-state index < -0.39 is 0 Å². The Hall–Kier alpha value is -1.16. The Bertz CT molecular complexity index is 649. The molecule has 0 saturated heterocycles. The van der Waals surface area contributed by atoms with E-state index in [9.17, 15) is 0 Å². The molecule has 0 atom stereocenters. The summed E-state index contributed by atoms with van der Waals surface area (Å²) < 4.78 is 1.97.